The third-order valence-corrected chi connectivity index (χ3v) is 6.38. The van der Waals surface area contributed by atoms with E-state index in [1.165, 1.54) is 37.2 Å². The van der Waals surface area contributed by atoms with Crippen molar-refractivity contribution in [2.24, 2.45) is 5.10 Å². The van der Waals surface area contributed by atoms with Crippen LogP contribution in [0.5, 0.6) is 0 Å². The van der Waals surface area contributed by atoms with Crippen LogP contribution in [0.2, 0.25) is 5.02 Å². The Kier molecular flexibility index (Phi) is 7.09. The molecule has 0 aliphatic heterocycles. The fraction of sp³-hybridized carbons (Fsp3) is 0.364. The van der Waals surface area contributed by atoms with Crippen LogP contribution in [0, 0.1) is 6.92 Å². The van der Waals surface area contributed by atoms with Gasteiger partial charge in [0.15, 0.2) is 11.0 Å². The molecule has 0 atom stereocenters. The molecule has 1 aromatic carbocycles. The number of hydrogen-bond acceptors (Lipinski definition) is 6. The van der Waals surface area contributed by atoms with Crippen molar-refractivity contribution in [1.29, 1.82) is 0 Å². The van der Waals surface area contributed by atoms with Crippen molar-refractivity contribution in [1.82, 2.24) is 20.2 Å². The third-order valence-electron chi connectivity index (χ3n) is 5.18. The van der Waals surface area contributed by atoms with Gasteiger partial charge in [-0.15, -0.1) is 10.2 Å². The molecule has 4 rings (SSSR count). The first kappa shape index (κ1) is 21.6. The van der Waals surface area contributed by atoms with Crippen molar-refractivity contribution in [2.45, 2.75) is 50.2 Å². The van der Waals surface area contributed by atoms with Crippen molar-refractivity contribution >= 4 is 35.5 Å². The van der Waals surface area contributed by atoms with Gasteiger partial charge < -0.3 is 4.42 Å². The summed E-state index contributed by atoms with van der Waals surface area (Å²) in [5.74, 6) is 2.19. The number of nitrogens with zero attached hydrogens (tertiary/aromatic N) is 4. The molecule has 1 aliphatic rings. The van der Waals surface area contributed by atoms with E-state index in [1.54, 1.807) is 6.07 Å². The highest BCUT2D eigenvalue weighted by Crippen LogP contribution is 2.35. The summed E-state index contributed by atoms with van der Waals surface area (Å²) < 4.78 is 7.58. The predicted molar refractivity (Wildman–Crippen MR) is 122 cm³/mol. The highest BCUT2D eigenvalue weighted by molar-refractivity contribution is 7.99. The maximum absolute atomic E-state index is 12.3. The van der Waals surface area contributed by atoms with Crippen molar-refractivity contribution < 1.29 is 9.21 Å². The molecule has 7 nitrogen and oxygen atoms in total. The lowest BCUT2D eigenvalue weighted by Crippen LogP contribution is -2.20. The number of benzene rings is 1. The van der Waals surface area contributed by atoms with Gasteiger partial charge in [-0.2, -0.15) is 5.10 Å². The van der Waals surface area contributed by atoms with Crippen molar-refractivity contribution in [3.63, 3.8) is 0 Å². The lowest BCUT2D eigenvalue weighted by Gasteiger charge is -2.25. The van der Waals surface area contributed by atoms with Crippen LogP contribution in [0.25, 0.3) is 11.4 Å². The van der Waals surface area contributed by atoms with Gasteiger partial charge in [-0.3, -0.25) is 9.36 Å². The SMILES string of the molecule is Cc1ccc(C=NNC(=O)CSc2nnc(-c3ccc(Cl)cc3)n2C2CCCCC2)o1. The van der Waals surface area contributed by atoms with E-state index < -0.39 is 0 Å². The van der Waals surface area contributed by atoms with Crippen LogP contribution >= 0.6 is 23.4 Å². The molecular weight excluding hydrogens is 434 g/mol. The smallest absolute Gasteiger partial charge is 0.250 e. The highest BCUT2D eigenvalue weighted by Gasteiger charge is 2.24. The maximum Gasteiger partial charge on any atom is 0.250 e. The standard InChI is InChI=1S/C22H24ClN5O2S/c1-15-7-12-19(30-15)13-24-25-20(29)14-31-22-27-26-21(16-8-10-17(23)11-9-16)28(22)18-5-3-2-4-6-18/h7-13,18H,2-6,14H2,1H3,(H,25,29). The van der Waals surface area contributed by atoms with Gasteiger partial charge in [0, 0.05) is 16.6 Å². The highest BCUT2D eigenvalue weighted by atomic mass is 35.5. The molecule has 0 radical (unpaired) electrons. The van der Waals surface area contributed by atoms with Crippen LogP contribution in [-0.4, -0.2) is 32.6 Å². The minimum Gasteiger partial charge on any atom is -0.460 e. The third kappa shape index (κ3) is 5.57. The largest absolute Gasteiger partial charge is 0.460 e. The van der Waals surface area contributed by atoms with E-state index in [1.807, 2.05) is 37.3 Å². The minimum absolute atomic E-state index is 0.194. The normalized spacial score (nSPS) is 14.9. The van der Waals surface area contributed by atoms with Gasteiger partial charge in [0.05, 0.1) is 12.0 Å². The van der Waals surface area contributed by atoms with Crippen LogP contribution in [0.3, 0.4) is 0 Å². The molecule has 31 heavy (non-hydrogen) atoms. The maximum atomic E-state index is 12.3. The number of aryl methyl sites for hydroxylation is 1. The van der Waals surface area contributed by atoms with Gasteiger partial charge in [-0.05, 0) is 56.2 Å². The van der Waals surface area contributed by atoms with E-state index in [-0.39, 0.29) is 11.7 Å². The summed E-state index contributed by atoms with van der Waals surface area (Å²) >= 11 is 7.42. The van der Waals surface area contributed by atoms with Crippen molar-refractivity contribution in [2.75, 3.05) is 5.75 Å². The van der Waals surface area contributed by atoms with E-state index >= 15 is 0 Å². The molecule has 2 aromatic heterocycles. The number of hydrogen-bond donors (Lipinski definition) is 1. The molecule has 0 bridgehead atoms. The average Bonchev–Trinajstić information content (AvgIpc) is 3.39. The van der Waals surface area contributed by atoms with Crippen LogP contribution in [-0.2, 0) is 4.79 Å². The fourth-order valence-corrected chi connectivity index (χ4v) is 4.62. The van der Waals surface area contributed by atoms with Gasteiger partial charge in [-0.25, -0.2) is 5.43 Å². The summed E-state index contributed by atoms with van der Waals surface area (Å²) in [4.78, 5) is 12.3. The molecule has 1 saturated carbocycles. The number of carbonyl (C=O) groups is 1. The monoisotopic (exact) mass is 457 g/mol. The average molecular weight is 458 g/mol. The Morgan fingerprint density at radius 1 is 1.23 bits per heavy atom. The molecule has 1 amide bonds. The zero-order chi connectivity index (χ0) is 21.6. The summed E-state index contributed by atoms with van der Waals surface area (Å²) in [6, 6.07) is 11.6. The van der Waals surface area contributed by atoms with Crippen LogP contribution in [0.15, 0.2) is 51.1 Å². The topological polar surface area (TPSA) is 85.3 Å². The van der Waals surface area contributed by atoms with Gasteiger partial charge in [-0.1, -0.05) is 42.6 Å². The molecule has 0 unspecified atom stereocenters. The molecule has 1 aliphatic carbocycles. The van der Waals surface area contributed by atoms with Gasteiger partial charge in [0.25, 0.3) is 5.91 Å². The number of nitrogens with one attached hydrogen (secondary N) is 1. The van der Waals surface area contributed by atoms with Crippen LogP contribution in [0.1, 0.15) is 49.7 Å². The number of aromatic nitrogens is 3. The number of halogens is 1. The van der Waals surface area contributed by atoms with E-state index in [0.717, 1.165) is 35.1 Å². The Balaban J connectivity index is 1.46. The summed E-state index contributed by atoms with van der Waals surface area (Å²) in [7, 11) is 0. The first-order chi connectivity index (χ1) is 15.1. The lowest BCUT2D eigenvalue weighted by molar-refractivity contribution is -0.118. The Hall–Kier alpha value is -2.58. The van der Waals surface area contributed by atoms with E-state index in [2.05, 4.69) is 25.3 Å². The molecule has 3 aromatic rings. The summed E-state index contributed by atoms with van der Waals surface area (Å²) in [5, 5.41) is 14.2. The predicted octanol–water partition coefficient (Wildman–Crippen LogP) is 5.25. The number of amides is 1. The molecule has 9 heteroatoms. The summed E-state index contributed by atoms with van der Waals surface area (Å²) in [6.07, 6.45) is 7.30. The molecule has 162 valence electrons. The molecule has 0 saturated heterocycles. The Morgan fingerprint density at radius 2 is 2.00 bits per heavy atom. The second-order valence-electron chi connectivity index (χ2n) is 7.51. The lowest BCUT2D eigenvalue weighted by atomic mass is 9.95. The minimum atomic E-state index is -0.212. The second kappa shape index (κ2) is 10.2. The van der Waals surface area contributed by atoms with E-state index in [9.17, 15) is 4.79 Å². The summed E-state index contributed by atoms with van der Waals surface area (Å²) in [6.45, 7) is 1.85. The van der Waals surface area contributed by atoms with Gasteiger partial charge in [0.1, 0.15) is 11.5 Å². The molecule has 0 spiro atoms. The van der Waals surface area contributed by atoms with Crippen molar-refractivity contribution in [3.05, 3.63) is 52.9 Å². The Morgan fingerprint density at radius 3 is 2.71 bits per heavy atom. The number of carbonyl (C=O) groups excluding carboxylic acids is 1. The van der Waals surface area contributed by atoms with Crippen LogP contribution < -0.4 is 5.43 Å². The van der Waals surface area contributed by atoms with Gasteiger partial charge in [0.2, 0.25) is 0 Å². The first-order valence-electron chi connectivity index (χ1n) is 10.3. The summed E-state index contributed by atoms with van der Waals surface area (Å²) in [5.41, 5.74) is 3.50. The fourth-order valence-electron chi connectivity index (χ4n) is 3.69. The quantitative estimate of drug-likeness (QED) is 0.297. The Labute approximate surface area is 190 Å². The molecule has 1 N–H and O–H groups in total. The van der Waals surface area contributed by atoms with E-state index in [4.69, 9.17) is 16.0 Å². The second-order valence-corrected chi connectivity index (χ2v) is 8.88. The van der Waals surface area contributed by atoms with Crippen molar-refractivity contribution in [3.8, 4) is 11.4 Å². The molecule has 2 heterocycles. The van der Waals surface area contributed by atoms with E-state index in [0.29, 0.717) is 16.8 Å². The van der Waals surface area contributed by atoms with Crippen LogP contribution in [0.4, 0.5) is 0 Å². The number of thioether (sulfide) groups is 1. The molecular formula is C22H24ClN5O2S. The number of furan rings is 1. The first-order valence-corrected chi connectivity index (χ1v) is 11.7. The zero-order valence-electron chi connectivity index (χ0n) is 17.3. The number of hydrazone groups is 1. The number of rotatable bonds is 7. The van der Waals surface area contributed by atoms with Gasteiger partial charge >= 0.3 is 0 Å². The molecule has 1 fully saturated rings. The Bertz CT molecular complexity index is 1050. The zero-order valence-corrected chi connectivity index (χ0v) is 18.8.